The Kier molecular flexibility index (Phi) is 42.8. The number of alkyl halides is 1. The van der Waals surface area contributed by atoms with Crippen LogP contribution in [0.5, 0.6) is 0 Å². The SMILES string of the molecule is CCCCCCCCCC[C@@H](O)[C@H]1CC[C@H]([C@H]2CC[C@H]([C@H](O)CCCCCCCC[C@H]([18F])CC3=C[C@@H](C)OC3=O)O2)O1.CCCCCCCCCC[C@@H](OCOC)[C@H]1CC[C@H]([C@H]2CC[C@H]([C@@H](CCCCCCCC[C@@H](CC3=C[C@@H](C)OC3=O)OS(=O)(=O)c3ccc(C)cc3)OCOC)O2)O1. The summed E-state index contributed by atoms with van der Waals surface area (Å²) in [6.07, 6.45) is 45.4. The summed E-state index contributed by atoms with van der Waals surface area (Å²) in [7, 11) is -0.645. The summed E-state index contributed by atoms with van der Waals surface area (Å²) < 4.78 is 105. The number of aryl methyl sites for hydroxylation is 1. The second-order valence-electron chi connectivity index (χ2n) is 30.0. The summed E-state index contributed by atoms with van der Waals surface area (Å²) in [6.45, 7) is 10.5. The lowest BCUT2D eigenvalue weighted by Crippen LogP contribution is -2.35. The minimum atomic E-state index is -3.98. The number of esters is 2. The number of hydrogen-bond acceptors (Lipinski definition) is 17. The molecule has 6 aliphatic heterocycles. The molecule has 0 spiro atoms. The van der Waals surface area contributed by atoms with Crippen LogP contribution >= 0.6 is 0 Å². The van der Waals surface area contributed by atoms with Crippen molar-refractivity contribution in [3.8, 4) is 0 Å². The summed E-state index contributed by atoms with van der Waals surface area (Å²) in [5.74, 6) is -0.770. The van der Waals surface area contributed by atoms with Crippen molar-refractivity contribution in [1.82, 2.24) is 0 Å². The van der Waals surface area contributed by atoms with Gasteiger partial charge >= 0.3 is 11.9 Å². The molecule has 0 radical (unpaired) electrons. The van der Waals surface area contributed by atoms with E-state index in [0.717, 1.165) is 173 Å². The van der Waals surface area contributed by atoms with E-state index in [4.69, 9.17) is 51.6 Å². The molecule has 0 aliphatic carbocycles. The molecule has 1 aromatic rings. The van der Waals surface area contributed by atoms with Gasteiger partial charge in [0.25, 0.3) is 10.1 Å². The number of rotatable bonds is 55. The van der Waals surface area contributed by atoms with Crippen LogP contribution in [0.25, 0.3) is 0 Å². The number of hydrogen-bond donors (Lipinski definition) is 2. The van der Waals surface area contributed by atoms with Crippen molar-refractivity contribution in [2.45, 2.75) is 420 Å². The smallest absolute Gasteiger partial charge is 0.334 e. The van der Waals surface area contributed by atoms with Crippen molar-refractivity contribution in [3.63, 3.8) is 0 Å². The second kappa shape index (κ2) is 49.8. The Morgan fingerprint density at radius 1 is 0.460 bits per heavy atom. The molecule has 0 amide bonds. The highest BCUT2D eigenvalue weighted by Gasteiger charge is 2.43. The van der Waals surface area contributed by atoms with Crippen LogP contribution in [0.2, 0.25) is 0 Å². The zero-order valence-electron chi connectivity index (χ0n) is 63.0. The van der Waals surface area contributed by atoms with Crippen LogP contribution in [-0.2, 0) is 71.3 Å². The first-order valence-electron chi connectivity index (χ1n) is 40.2. The number of benzene rings is 1. The summed E-state index contributed by atoms with van der Waals surface area (Å²) in [5, 5.41) is 21.4. The number of carbonyl (C=O) groups excluding carboxylic acids is 2. The Bertz CT molecular complexity index is 2520. The number of cyclic esters (lactones) is 2. The number of methoxy groups -OCH3 is 2. The fourth-order valence-electron chi connectivity index (χ4n) is 15.5. The molecule has 7 rings (SSSR count). The lowest BCUT2D eigenvalue weighted by Gasteiger charge is -2.27. The van der Waals surface area contributed by atoms with Crippen LogP contribution < -0.4 is 0 Å². The first kappa shape index (κ1) is 86.0. The van der Waals surface area contributed by atoms with E-state index in [2.05, 4.69) is 13.8 Å². The van der Waals surface area contributed by atoms with Crippen LogP contribution in [0.3, 0.4) is 0 Å². The highest BCUT2D eigenvalue weighted by Crippen LogP contribution is 2.38. The van der Waals surface area contributed by atoms with Gasteiger partial charge < -0.3 is 57.6 Å². The van der Waals surface area contributed by atoms with E-state index >= 15 is 0 Å². The van der Waals surface area contributed by atoms with Gasteiger partial charge in [0.2, 0.25) is 0 Å². The first-order valence-corrected chi connectivity index (χ1v) is 41.6. The van der Waals surface area contributed by atoms with Gasteiger partial charge in [0.1, 0.15) is 32.0 Å². The van der Waals surface area contributed by atoms with Crippen molar-refractivity contribution < 1.29 is 84.2 Å². The number of unbranched alkanes of at least 4 members (excludes halogenated alkanes) is 24. The van der Waals surface area contributed by atoms with Gasteiger partial charge in [-0.1, -0.05) is 211 Å². The zero-order chi connectivity index (χ0) is 71.7. The Morgan fingerprint density at radius 2 is 0.800 bits per heavy atom. The predicted octanol–water partition coefficient (Wildman–Crippen LogP) is 18.1. The Morgan fingerprint density at radius 3 is 1.18 bits per heavy atom. The summed E-state index contributed by atoms with van der Waals surface area (Å²) in [4.78, 5) is 24.1. The highest BCUT2D eigenvalue weighted by molar-refractivity contribution is 7.86. The molecule has 4 fully saturated rings. The lowest BCUT2D eigenvalue weighted by atomic mass is 9.99. The molecular formula is C81H137FO17S. The van der Waals surface area contributed by atoms with Gasteiger partial charge in [-0.05, 0) is 135 Å². The minimum Gasteiger partial charge on any atom is -0.455 e. The second-order valence-corrected chi connectivity index (χ2v) is 31.6. The van der Waals surface area contributed by atoms with Crippen molar-refractivity contribution in [2.75, 3.05) is 27.8 Å². The number of ether oxygens (including phenoxy) is 10. The molecule has 0 unspecified atom stereocenters. The van der Waals surface area contributed by atoms with Crippen molar-refractivity contribution >= 4 is 22.1 Å². The van der Waals surface area contributed by atoms with E-state index in [1.807, 2.05) is 6.92 Å². The standard InChI is InChI=1S/C46H76O11S.C35H61FO6/c1-6-7-8-9-10-11-15-18-21-40(52-33-50-4)42-27-29-44(55-42)45-30-28-43(56-45)41(53-34-51-5)22-19-16-13-12-14-17-20-38(32-37-31-36(3)54-46(37)47)57-58(48,49)39-25-23-35(2)24-26-39;1-3-4-5-6-7-8-12-15-18-29(37)31-20-22-33(41-31)34-23-21-32(42-34)30(38)19-16-13-10-9-11-14-17-28(36)25-27-24-26(2)40-35(27)39/h23-26,31,36,38,40-45H,6-22,27-30,32-34H2,1-5H3;24,26,28-34,37-38H,3-23,25H2,1-2H3/t36-,38+,40-,41-,42-,43-,44-,45-;26-,28+,29-,30-,31-,32-,33-,34-/m11/s1/i;36-1. The molecule has 4 saturated heterocycles. The summed E-state index contributed by atoms with van der Waals surface area (Å²) in [6, 6.07) is 6.62. The van der Waals surface area contributed by atoms with E-state index in [1.54, 1.807) is 64.5 Å². The maximum absolute atomic E-state index is 14.2. The number of halogens is 1. The molecule has 2 N–H and O–H groups in total. The van der Waals surface area contributed by atoms with Gasteiger partial charge in [0.15, 0.2) is 0 Å². The highest BCUT2D eigenvalue weighted by atomic mass is 32.2. The van der Waals surface area contributed by atoms with Crippen molar-refractivity contribution in [2.24, 2.45) is 0 Å². The number of aliphatic hydroxyl groups excluding tert-OH is 2. The third kappa shape index (κ3) is 32.8. The molecule has 100 heavy (non-hydrogen) atoms. The van der Waals surface area contributed by atoms with Crippen molar-refractivity contribution in [3.05, 3.63) is 53.1 Å². The van der Waals surface area contributed by atoms with Crippen LogP contribution in [0.4, 0.5) is 4.39 Å². The predicted molar refractivity (Wildman–Crippen MR) is 390 cm³/mol. The summed E-state index contributed by atoms with van der Waals surface area (Å²) in [5.41, 5.74) is 1.92. The topological polar surface area (TPSA) is 210 Å². The fourth-order valence-corrected chi connectivity index (χ4v) is 16.6. The average Bonchev–Trinajstić information content (AvgIpc) is 1.47. The van der Waals surface area contributed by atoms with Crippen LogP contribution in [-0.4, -0.2) is 156 Å². The molecule has 6 aliphatic rings. The molecule has 0 aromatic heterocycles. The quantitative estimate of drug-likeness (QED) is 0.0269. The third-order valence-electron chi connectivity index (χ3n) is 21.3. The summed E-state index contributed by atoms with van der Waals surface area (Å²) >= 11 is 0. The minimum absolute atomic E-state index is 0.0176. The molecule has 0 saturated carbocycles. The van der Waals surface area contributed by atoms with Crippen LogP contribution in [0.1, 0.15) is 316 Å². The molecule has 6 heterocycles. The Balaban J connectivity index is 0.000000332. The van der Waals surface area contributed by atoms with E-state index in [1.165, 1.54) is 89.9 Å². The van der Waals surface area contributed by atoms with Crippen LogP contribution in [0.15, 0.2) is 52.5 Å². The lowest BCUT2D eigenvalue weighted by molar-refractivity contribution is -0.158. The van der Waals surface area contributed by atoms with Gasteiger partial charge in [0.05, 0.1) is 84.2 Å². The monoisotopic (exact) mass is 1430 g/mol. The van der Waals surface area contributed by atoms with E-state index in [-0.39, 0.29) is 110 Å². The van der Waals surface area contributed by atoms with Gasteiger partial charge in [-0.15, -0.1) is 0 Å². The average molecular weight is 1430 g/mol. The maximum Gasteiger partial charge on any atom is 0.334 e. The van der Waals surface area contributed by atoms with Gasteiger partial charge in [0, 0.05) is 38.2 Å². The van der Waals surface area contributed by atoms with Crippen molar-refractivity contribution in [1.29, 1.82) is 0 Å². The zero-order valence-corrected chi connectivity index (χ0v) is 63.8. The molecule has 576 valence electrons. The van der Waals surface area contributed by atoms with Crippen LogP contribution in [0, 0.1) is 6.92 Å². The third-order valence-corrected chi connectivity index (χ3v) is 22.7. The molecular weight excluding hydrogens is 1290 g/mol. The fraction of sp³-hybridized carbons (Fsp3) is 0.852. The molecule has 19 heteroatoms. The van der Waals surface area contributed by atoms with Gasteiger partial charge in [-0.2, -0.15) is 8.42 Å². The maximum atomic E-state index is 14.2. The first-order chi connectivity index (χ1) is 48.5. The van der Waals surface area contributed by atoms with E-state index in [9.17, 15) is 32.6 Å². The van der Waals surface area contributed by atoms with Gasteiger partial charge in [-0.3, -0.25) is 4.18 Å². The van der Waals surface area contributed by atoms with Gasteiger partial charge in [-0.25, -0.2) is 14.0 Å². The number of carbonyl (C=O) groups is 2. The molecule has 1 aromatic carbocycles. The Labute approximate surface area is 604 Å². The van der Waals surface area contributed by atoms with E-state index < -0.39 is 34.5 Å². The van der Waals surface area contributed by atoms with E-state index in [0.29, 0.717) is 30.8 Å². The molecule has 17 nitrogen and oxygen atoms in total. The molecule has 0 bridgehead atoms. The normalized spacial score (nSPS) is 25.7. The number of aliphatic hydroxyl groups is 2. The Hall–Kier alpha value is -2.92. The largest absolute Gasteiger partial charge is 0.455 e. The molecule has 16 atom stereocenters.